The normalized spacial score (nSPS) is 12.7. The zero-order valence-electron chi connectivity index (χ0n) is 11.8. The van der Waals surface area contributed by atoms with Gasteiger partial charge in [-0.2, -0.15) is 26.3 Å². The Morgan fingerprint density at radius 2 is 1.74 bits per heavy atom. The van der Waals surface area contributed by atoms with Gasteiger partial charge in [0, 0.05) is 17.1 Å². The number of halogens is 6. The highest BCUT2D eigenvalue weighted by Gasteiger charge is 2.33. The lowest BCUT2D eigenvalue weighted by atomic mass is 10.0. The summed E-state index contributed by atoms with van der Waals surface area (Å²) in [6, 6.07) is 2.67. The smallest absolute Gasteiger partial charge is 0.376 e. The van der Waals surface area contributed by atoms with Gasteiger partial charge < -0.3 is 10.3 Å². The fraction of sp³-hybridized carbons (Fsp3) is 0.357. The summed E-state index contributed by atoms with van der Waals surface area (Å²) < 4.78 is 76.0. The number of hydrogen-bond donors (Lipinski definition) is 2. The van der Waals surface area contributed by atoms with Crippen molar-refractivity contribution in [1.82, 2.24) is 4.98 Å². The molecule has 3 nitrogen and oxygen atoms in total. The van der Waals surface area contributed by atoms with Crippen molar-refractivity contribution in [2.45, 2.75) is 25.7 Å². The molecule has 0 bridgehead atoms. The van der Waals surface area contributed by atoms with E-state index in [0.717, 1.165) is 12.1 Å². The number of hydrogen-bond acceptors (Lipinski definition) is 2. The highest BCUT2D eigenvalue weighted by atomic mass is 19.4. The summed E-state index contributed by atoms with van der Waals surface area (Å²) in [5.41, 5.74) is -1.94. The highest BCUT2D eigenvalue weighted by molar-refractivity contribution is 5.87. The Morgan fingerprint density at radius 1 is 1.09 bits per heavy atom. The molecule has 0 spiro atoms. The molecule has 0 aliphatic carbocycles. The summed E-state index contributed by atoms with van der Waals surface area (Å²) in [5.74, 6) is 0. The van der Waals surface area contributed by atoms with Crippen molar-refractivity contribution >= 4 is 16.6 Å². The molecule has 0 radical (unpaired) electrons. The van der Waals surface area contributed by atoms with Crippen LogP contribution in [0.2, 0.25) is 0 Å². The molecule has 0 saturated carbocycles. The molecule has 0 atom stereocenters. The van der Waals surface area contributed by atoms with Gasteiger partial charge >= 0.3 is 12.4 Å². The second kappa shape index (κ2) is 5.78. The van der Waals surface area contributed by atoms with E-state index in [1.165, 1.54) is 0 Å². The molecule has 0 unspecified atom stereocenters. The first kappa shape index (κ1) is 17.2. The van der Waals surface area contributed by atoms with Crippen molar-refractivity contribution in [2.24, 2.45) is 0 Å². The Morgan fingerprint density at radius 3 is 2.26 bits per heavy atom. The highest BCUT2D eigenvalue weighted by Crippen LogP contribution is 2.35. The maximum absolute atomic E-state index is 13.0. The minimum atomic E-state index is -4.74. The molecule has 0 amide bonds. The van der Waals surface area contributed by atoms with Gasteiger partial charge in [0.2, 0.25) is 5.56 Å². The number of benzene rings is 1. The summed E-state index contributed by atoms with van der Waals surface area (Å²) >= 11 is 0. The van der Waals surface area contributed by atoms with Gasteiger partial charge in [0.15, 0.2) is 0 Å². The van der Waals surface area contributed by atoms with E-state index in [1.54, 1.807) is 6.92 Å². The number of nitrogens with one attached hydrogen (secondary N) is 2. The number of rotatable bonds is 3. The second-order valence-electron chi connectivity index (χ2n) is 4.92. The SMILES string of the molecule is CCc1cc2c(C(F)(F)F)cc(=O)[nH]c2cc1NCC(F)(F)F. The van der Waals surface area contributed by atoms with E-state index in [9.17, 15) is 31.1 Å². The molecular formula is C14H12F6N2O. The van der Waals surface area contributed by atoms with Crippen LogP contribution < -0.4 is 10.9 Å². The quantitative estimate of drug-likeness (QED) is 0.828. The van der Waals surface area contributed by atoms with E-state index in [-0.39, 0.29) is 23.0 Å². The summed E-state index contributed by atoms with van der Waals surface area (Å²) in [6.07, 6.45) is -8.98. The second-order valence-corrected chi connectivity index (χ2v) is 4.92. The molecule has 0 aliphatic heterocycles. The Kier molecular flexibility index (Phi) is 4.32. The first-order chi connectivity index (χ1) is 10.5. The third kappa shape index (κ3) is 3.96. The minimum absolute atomic E-state index is 0.0345. The van der Waals surface area contributed by atoms with Crippen molar-refractivity contribution in [3.05, 3.63) is 39.7 Å². The zero-order valence-corrected chi connectivity index (χ0v) is 11.8. The topological polar surface area (TPSA) is 44.9 Å². The van der Waals surface area contributed by atoms with E-state index < -0.39 is 30.0 Å². The molecule has 2 rings (SSSR count). The van der Waals surface area contributed by atoms with Crippen LogP contribution in [-0.2, 0) is 12.6 Å². The van der Waals surface area contributed by atoms with Gasteiger partial charge in [0.1, 0.15) is 6.54 Å². The molecule has 2 aromatic rings. The monoisotopic (exact) mass is 338 g/mol. The number of aromatic nitrogens is 1. The fourth-order valence-electron chi connectivity index (χ4n) is 2.24. The minimum Gasteiger partial charge on any atom is -0.376 e. The largest absolute Gasteiger partial charge is 0.417 e. The summed E-state index contributed by atoms with van der Waals surface area (Å²) in [5, 5.41) is 1.89. The van der Waals surface area contributed by atoms with Crippen LogP contribution in [0, 0.1) is 0 Å². The molecule has 23 heavy (non-hydrogen) atoms. The molecule has 2 N–H and O–H groups in total. The van der Waals surface area contributed by atoms with E-state index in [2.05, 4.69) is 10.3 Å². The average molecular weight is 338 g/mol. The van der Waals surface area contributed by atoms with Crippen LogP contribution in [0.15, 0.2) is 23.0 Å². The first-order valence-corrected chi connectivity index (χ1v) is 6.59. The van der Waals surface area contributed by atoms with Crippen LogP contribution in [0.5, 0.6) is 0 Å². The number of alkyl halides is 6. The van der Waals surface area contributed by atoms with Gasteiger partial charge in [-0.25, -0.2) is 0 Å². The lowest BCUT2D eigenvalue weighted by Crippen LogP contribution is -2.22. The number of H-pyrrole nitrogens is 1. The van der Waals surface area contributed by atoms with E-state index in [0.29, 0.717) is 11.6 Å². The van der Waals surface area contributed by atoms with Crippen molar-refractivity contribution in [3.63, 3.8) is 0 Å². The van der Waals surface area contributed by atoms with Gasteiger partial charge in [-0.1, -0.05) is 6.92 Å². The molecule has 1 aromatic heterocycles. The standard InChI is InChI=1S/C14H12F6N2O/c1-2-7-3-8-9(14(18,19)20)4-12(23)22-11(8)5-10(7)21-6-13(15,16)17/h3-5,21H,2,6H2,1H3,(H,22,23). The maximum Gasteiger partial charge on any atom is 0.417 e. The Labute approximate surface area is 126 Å². The number of fused-ring (bicyclic) bond motifs is 1. The van der Waals surface area contributed by atoms with Crippen LogP contribution in [0.25, 0.3) is 10.9 Å². The molecule has 126 valence electrons. The lowest BCUT2D eigenvalue weighted by Gasteiger charge is -2.16. The van der Waals surface area contributed by atoms with Crippen molar-refractivity contribution in [1.29, 1.82) is 0 Å². The van der Waals surface area contributed by atoms with Crippen LogP contribution in [-0.4, -0.2) is 17.7 Å². The lowest BCUT2D eigenvalue weighted by molar-refractivity contribution is -0.136. The van der Waals surface area contributed by atoms with Crippen LogP contribution >= 0.6 is 0 Å². The summed E-state index contributed by atoms with van der Waals surface area (Å²) in [4.78, 5) is 13.6. The Bertz CT molecular complexity index is 776. The third-order valence-electron chi connectivity index (χ3n) is 3.23. The first-order valence-electron chi connectivity index (χ1n) is 6.59. The van der Waals surface area contributed by atoms with Gasteiger partial charge in [0.25, 0.3) is 0 Å². The summed E-state index contributed by atoms with van der Waals surface area (Å²) in [7, 11) is 0. The van der Waals surface area contributed by atoms with Crippen molar-refractivity contribution < 1.29 is 26.3 Å². The summed E-state index contributed by atoms with van der Waals surface area (Å²) in [6.45, 7) is 0.285. The van der Waals surface area contributed by atoms with Gasteiger partial charge in [-0.05, 0) is 24.1 Å². The Hall–Kier alpha value is -2.19. The van der Waals surface area contributed by atoms with Crippen LogP contribution in [0.4, 0.5) is 32.0 Å². The van der Waals surface area contributed by atoms with Crippen LogP contribution in [0.3, 0.4) is 0 Å². The van der Waals surface area contributed by atoms with Crippen LogP contribution in [0.1, 0.15) is 18.1 Å². The van der Waals surface area contributed by atoms with Crippen molar-refractivity contribution in [3.8, 4) is 0 Å². The predicted molar refractivity (Wildman–Crippen MR) is 73.5 cm³/mol. The van der Waals surface area contributed by atoms with Gasteiger partial charge in [-0.15, -0.1) is 0 Å². The van der Waals surface area contributed by atoms with E-state index in [4.69, 9.17) is 0 Å². The fourth-order valence-corrected chi connectivity index (χ4v) is 2.24. The molecule has 1 heterocycles. The van der Waals surface area contributed by atoms with Gasteiger partial charge in [-0.3, -0.25) is 4.79 Å². The maximum atomic E-state index is 13.0. The molecular weight excluding hydrogens is 326 g/mol. The molecule has 0 fully saturated rings. The van der Waals surface area contributed by atoms with Crippen molar-refractivity contribution in [2.75, 3.05) is 11.9 Å². The Balaban J connectivity index is 2.63. The number of aromatic amines is 1. The molecule has 1 aromatic carbocycles. The van der Waals surface area contributed by atoms with E-state index in [1.807, 2.05) is 0 Å². The average Bonchev–Trinajstić information content (AvgIpc) is 2.41. The van der Waals surface area contributed by atoms with Gasteiger partial charge in [0.05, 0.1) is 11.1 Å². The third-order valence-corrected chi connectivity index (χ3v) is 3.23. The number of pyridine rings is 1. The number of anilines is 1. The molecule has 9 heteroatoms. The number of aryl methyl sites for hydroxylation is 1. The zero-order chi connectivity index (χ0) is 17.4. The molecule has 0 aliphatic rings. The van der Waals surface area contributed by atoms with E-state index >= 15 is 0 Å². The molecule has 0 saturated heterocycles. The predicted octanol–water partition coefficient (Wildman–Crippen LogP) is 4.08.